The molecule has 0 heterocycles. The molecule has 0 aromatic carbocycles. The highest BCUT2D eigenvalue weighted by Gasteiger charge is 2.60. The third-order valence-corrected chi connectivity index (χ3v) is 10.5. The van der Waals surface area contributed by atoms with E-state index in [1.165, 1.54) is 51.9 Å². The smallest absolute Gasteiger partial charge is 0.303 e. The van der Waals surface area contributed by atoms with Crippen LogP contribution >= 0.6 is 0 Å². The van der Waals surface area contributed by atoms with Gasteiger partial charge in [-0.2, -0.15) is 0 Å². The van der Waals surface area contributed by atoms with Gasteiger partial charge in [-0.05, 0) is 91.3 Å². The van der Waals surface area contributed by atoms with Gasteiger partial charge in [0.15, 0.2) is 11.9 Å². The first kappa shape index (κ1) is 24.0. The van der Waals surface area contributed by atoms with Gasteiger partial charge < -0.3 is 4.74 Å². The van der Waals surface area contributed by atoms with Crippen LogP contribution in [0.25, 0.3) is 0 Å². The third kappa shape index (κ3) is 4.00. The standard InChI is InChI=1S/C29H46O3/c1-18(2)8-7-9-19(3)22-12-13-23-21-10-11-25-27(31)26(32-20(4)30)15-17-29(25,6)24(21)14-16-28(22,23)5/h11,18-19,21-24,26H,7-10,12-17H2,1-6H3. The summed E-state index contributed by atoms with van der Waals surface area (Å²) in [7, 11) is 0. The lowest BCUT2D eigenvalue weighted by molar-refractivity contribution is -0.156. The molecule has 3 saturated carbocycles. The van der Waals surface area contributed by atoms with Crippen LogP contribution in [0.3, 0.4) is 0 Å². The number of hydrogen-bond acceptors (Lipinski definition) is 3. The molecule has 0 aliphatic heterocycles. The maximum absolute atomic E-state index is 13.2. The van der Waals surface area contributed by atoms with Crippen molar-refractivity contribution in [3.05, 3.63) is 11.6 Å². The van der Waals surface area contributed by atoms with E-state index in [1.54, 1.807) is 0 Å². The molecule has 0 spiro atoms. The largest absolute Gasteiger partial charge is 0.454 e. The molecular formula is C29H46O3. The van der Waals surface area contributed by atoms with Gasteiger partial charge in [0.1, 0.15) is 0 Å². The van der Waals surface area contributed by atoms with E-state index in [9.17, 15) is 9.59 Å². The molecule has 0 bridgehead atoms. The van der Waals surface area contributed by atoms with Gasteiger partial charge in [0.25, 0.3) is 0 Å². The van der Waals surface area contributed by atoms with Gasteiger partial charge in [-0.1, -0.05) is 60.0 Å². The fourth-order valence-electron chi connectivity index (χ4n) is 8.87. The number of carbonyl (C=O) groups is 2. The van der Waals surface area contributed by atoms with Gasteiger partial charge in [0.05, 0.1) is 0 Å². The second-order valence-corrected chi connectivity index (χ2v) is 12.7. The second kappa shape index (κ2) is 8.91. The lowest BCUT2D eigenvalue weighted by Gasteiger charge is -2.58. The number of ether oxygens (including phenoxy) is 1. The summed E-state index contributed by atoms with van der Waals surface area (Å²) in [5.74, 6) is 4.37. The lowest BCUT2D eigenvalue weighted by atomic mass is 9.46. The number of esters is 1. The van der Waals surface area contributed by atoms with E-state index in [4.69, 9.17) is 4.74 Å². The Kier molecular flexibility index (Phi) is 6.69. The Hall–Kier alpha value is -1.12. The van der Waals surface area contributed by atoms with Crippen molar-refractivity contribution in [1.82, 2.24) is 0 Å². The minimum atomic E-state index is -0.556. The van der Waals surface area contributed by atoms with Gasteiger partial charge in [0, 0.05) is 12.5 Å². The minimum Gasteiger partial charge on any atom is -0.454 e. The first-order valence-electron chi connectivity index (χ1n) is 13.5. The summed E-state index contributed by atoms with van der Waals surface area (Å²) >= 11 is 0. The Labute approximate surface area is 196 Å². The molecule has 32 heavy (non-hydrogen) atoms. The van der Waals surface area contributed by atoms with Gasteiger partial charge in [0.2, 0.25) is 0 Å². The summed E-state index contributed by atoms with van der Waals surface area (Å²) in [5, 5.41) is 0. The van der Waals surface area contributed by atoms with Crippen LogP contribution in [-0.2, 0) is 14.3 Å². The molecule has 8 unspecified atom stereocenters. The second-order valence-electron chi connectivity index (χ2n) is 12.7. The van der Waals surface area contributed by atoms with Gasteiger partial charge in [-0.15, -0.1) is 0 Å². The molecule has 0 saturated heterocycles. The number of Topliss-reactive ketones (excluding diaryl/α,β-unsaturated/α-hetero) is 1. The molecule has 0 amide bonds. The summed E-state index contributed by atoms with van der Waals surface area (Å²) in [5.41, 5.74) is 1.43. The van der Waals surface area contributed by atoms with E-state index in [0.29, 0.717) is 23.7 Å². The van der Waals surface area contributed by atoms with E-state index >= 15 is 0 Å². The fraction of sp³-hybridized carbons (Fsp3) is 0.862. The molecule has 4 rings (SSSR count). The van der Waals surface area contributed by atoms with Crippen molar-refractivity contribution in [1.29, 1.82) is 0 Å². The number of hydrogen-bond donors (Lipinski definition) is 0. The van der Waals surface area contributed by atoms with Crippen molar-refractivity contribution >= 4 is 11.8 Å². The van der Waals surface area contributed by atoms with Crippen LogP contribution in [0.2, 0.25) is 0 Å². The van der Waals surface area contributed by atoms with Crippen molar-refractivity contribution in [3.8, 4) is 0 Å². The van der Waals surface area contributed by atoms with Crippen molar-refractivity contribution in [2.45, 2.75) is 112 Å². The van der Waals surface area contributed by atoms with E-state index in [0.717, 1.165) is 42.1 Å². The topological polar surface area (TPSA) is 43.4 Å². The monoisotopic (exact) mass is 442 g/mol. The molecule has 4 aliphatic carbocycles. The lowest BCUT2D eigenvalue weighted by Crippen LogP contribution is -2.53. The molecule has 0 N–H and O–H groups in total. The van der Waals surface area contributed by atoms with Gasteiger partial charge in [-0.25, -0.2) is 0 Å². The Morgan fingerprint density at radius 3 is 2.50 bits per heavy atom. The zero-order chi connectivity index (χ0) is 23.3. The highest BCUT2D eigenvalue weighted by molar-refractivity contribution is 6.01. The Balaban J connectivity index is 1.50. The fourth-order valence-corrected chi connectivity index (χ4v) is 8.87. The Bertz CT molecular complexity index is 766. The number of ketones is 1. The molecule has 4 aliphatic rings. The molecule has 0 radical (unpaired) electrons. The van der Waals surface area contributed by atoms with E-state index in [2.05, 4.69) is 40.7 Å². The SMILES string of the molecule is CC(=O)OC1CCC2(C)C(=CCC3C2CCC2(C)C(C(C)CCCC(C)C)CCC32)C1=O. The van der Waals surface area contributed by atoms with Crippen LogP contribution in [0, 0.1) is 46.3 Å². The maximum atomic E-state index is 13.2. The number of allylic oxidation sites excluding steroid dienone is 1. The predicted octanol–water partition coefficient (Wildman–Crippen LogP) is 7.14. The maximum Gasteiger partial charge on any atom is 0.303 e. The van der Waals surface area contributed by atoms with Crippen molar-refractivity contribution in [3.63, 3.8) is 0 Å². The van der Waals surface area contributed by atoms with Gasteiger partial charge in [-0.3, -0.25) is 9.59 Å². The molecular weight excluding hydrogens is 396 g/mol. The number of carbonyl (C=O) groups excluding carboxylic acids is 2. The zero-order valence-electron chi connectivity index (χ0n) is 21.4. The summed E-state index contributed by atoms with van der Waals surface area (Å²) < 4.78 is 5.38. The van der Waals surface area contributed by atoms with E-state index < -0.39 is 6.10 Å². The predicted molar refractivity (Wildman–Crippen MR) is 129 cm³/mol. The highest BCUT2D eigenvalue weighted by atomic mass is 16.5. The van der Waals surface area contributed by atoms with Crippen LogP contribution < -0.4 is 0 Å². The van der Waals surface area contributed by atoms with Crippen molar-refractivity contribution < 1.29 is 14.3 Å². The summed E-state index contributed by atoms with van der Waals surface area (Å²) in [6, 6.07) is 0. The van der Waals surface area contributed by atoms with Gasteiger partial charge >= 0.3 is 5.97 Å². The quantitative estimate of drug-likeness (QED) is 0.411. The zero-order valence-corrected chi connectivity index (χ0v) is 21.4. The molecule has 3 fully saturated rings. The molecule has 180 valence electrons. The van der Waals surface area contributed by atoms with E-state index in [-0.39, 0.29) is 17.2 Å². The van der Waals surface area contributed by atoms with E-state index in [1.807, 2.05) is 0 Å². The average Bonchev–Trinajstić information content (AvgIpc) is 3.07. The average molecular weight is 443 g/mol. The van der Waals surface area contributed by atoms with Crippen molar-refractivity contribution in [2.75, 3.05) is 0 Å². The van der Waals surface area contributed by atoms with Crippen LogP contribution in [-0.4, -0.2) is 17.9 Å². The molecule has 0 aromatic heterocycles. The van der Waals surface area contributed by atoms with Crippen LogP contribution in [0.1, 0.15) is 106 Å². The third-order valence-electron chi connectivity index (χ3n) is 10.5. The van der Waals surface area contributed by atoms with Crippen LogP contribution in [0.15, 0.2) is 11.6 Å². The number of rotatable bonds is 6. The molecule has 3 nitrogen and oxygen atoms in total. The summed E-state index contributed by atoms with van der Waals surface area (Å²) in [6.07, 6.45) is 13.9. The highest BCUT2D eigenvalue weighted by Crippen LogP contribution is 2.67. The minimum absolute atomic E-state index is 0.0288. The Morgan fingerprint density at radius 1 is 1.06 bits per heavy atom. The Morgan fingerprint density at radius 2 is 1.81 bits per heavy atom. The van der Waals surface area contributed by atoms with Crippen LogP contribution in [0.5, 0.6) is 0 Å². The summed E-state index contributed by atoms with van der Waals surface area (Å²) in [6.45, 7) is 13.6. The first-order chi connectivity index (χ1) is 15.1. The van der Waals surface area contributed by atoms with Crippen molar-refractivity contribution in [2.24, 2.45) is 46.3 Å². The summed E-state index contributed by atoms with van der Waals surface area (Å²) in [4.78, 5) is 24.7. The number of fused-ring (bicyclic) bond motifs is 5. The molecule has 0 aromatic rings. The molecule has 8 atom stereocenters. The first-order valence-corrected chi connectivity index (χ1v) is 13.5. The normalized spacial score (nSPS) is 42.0. The van der Waals surface area contributed by atoms with Crippen LogP contribution in [0.4, 0.5) is 0 Å². The molecule has 3 heteroatoms.